The molecule has 4 N–H and O–H groups in total. The zero-order valence-corrected chi connectivity index (χ0v) is 23.0. The van der Waals surface area contributed by atoms with Gasteiger partial charge >= 0.3 is 0 Å². The van der Waals surface area contributed by atoms with E-state index < -0.39 is 40.8 Å². The Bertz CT molecular complexity index is 1110. The molecule has 0 unspecified atom stereocenters. The van der Waals surface area contributed by atoms with E-state index in [9.17, 15) is 29.3 Å². The average molecular weight is 558 g/mol. The molecule has 3 atom stereocenters. The van der Waals surface area contributed by atoms with Gasteiger partial charge in [0.25, 0.3) is 5.69 Å². The highest BCUT2D eigenvalue weighted by Gasteiger charge is 2.29. The van der Waals surface area contributed by atoms with E-state index >= 15 is 0 Å². The van der Waals surface area contributed by atoms with Crippen molar-refractivity contribution in [3.63, 3.8) is 0 Å². The van der Waals surface area contributed by atoms with Crippen LogP contribution in [0.1, 0.15) is 32.3 Å². The minimum atomic E-state index is -0.998. The molecule has 4 amide bonds. The number of hydrogen-bond acceptors (Lipinski definition) is 7. The third kappa shape index (κ3) is 10.8. The van der Waals surface area contributed by atoms with Crippen molar-refractivity contribution in [3.8, 4) is 0 Å². The number of nitrogens with zero attached hydrogens (tertiary/aromatic N) is 1. The third-order valence-electron chi connectivity index (χ3n) is 5.80. The first kappa shape index (κ1) is 31.3. The summed E-state index contributed by atoms with van der Waals surface area (Å²) in [4.78, 5) is 61.0. The Morgan fingerprint density at radius 1 is 0.923 bits per heavy atom. The molecule has 0 aromatic heterocycles. The number of hydrogen-bond donors (Lipinski definition) is 4. The first-order chi connectivity index (χ1) is 18.6. The molecule has 0 fully saturated rings. The molecule has 0 saturated heterocycles. The van der Waals surface area contributed by atoms with Crippen LogP contribution in [0.4, 0.5) is 11.4 Å². The van der Waals surface area contributed by atoms with Gasteiger partial charge in [-0.25, -0.2) is 0 Å². The number of carbonyl (C=O) groups excluding carboxylic acids is 4. The summed E-state index contributed by atoms with van der Waals surface area (Å²) >= 11 is 1.53. The number of benzene rings is 2. The van der Waals surface area contributed by atoms with E-state index in [4.69, 9.17) is 0 Å². The molecule has 0 aliphatic heterocycles. The number of thioether (sulfide) groups is 1. The summed E-state index contributed by atoms with van der Waals surface area (Å²) in [7, 11) is 0. The molecule has 0 saturated carbocycles. The molecule has 0 aliphatic carbocycles. The molecular formula is C27H35N5O6S. The van der Waals surface area contributed by atoms with Crippen molar-refractivity contribution >= 4 is 47.3 Å². The van der Waals surface area contributed by atoms with Gasteiger partial charge in [-0.3, -0.25) is 29.3 Å². The Kier molecular flexibility index (Phi) is 12.9. The summed E-state index contributed by atoms with van der Waals surface area (Å²) in [6, 6.07) is 11.8. The van der Waals surface area contributed by atoms with Crippen LogP contribution in [0, 0.1) is 16.0 Å². The number of nitro benzene ring substituents is 1. The standard InChI is InChI=1S/C27H35N5O6S/c1-18(2)15-23(30-25(34)22(28-17-33)13-14-39-3)27(36)31-24(16-19-7-5-4-6-8-19)26(35)29-20-9-11-21(12-10-20)32(37)38/h4-12,17-18,22-24H,13-16H2,1-3H3,(H,28,33)(H,29,35)(H,30,34)(H,31,36)/t22-,23-,24-/m0/s1. The lowest BCUT2D eigenvalue weighted by Gasteiger charge is -2.26. The lowest BCUT2D eigenvalue weighted by molar-refractivity contribution is -0.384. The van der Waals surface area contributed by atoms with E-state index in [1.165, 1.54) is 36.0 Å². The van der Waals surface area contributed by atoms with Gasteiger partial charge in [0.15, 0.2) is 0 Å². The highest BCUT2D eigenvalue weighted by atomic mass is 32.2. The van der Waals surface area contributed by atoms with Gasteiger partial charge in [0.2, 0.25) is 24.1 Å². The lowest BCUT2D eigenvalue weighted by Crippen LogP contribution is -2.56. The Labute approximate surface area is 232 Å². The zero-order valence-electron chi connectivity index (χ0n) is 22.2. The molecular weight excluding hydrogens is 522 g/mol. The molecule has 39 heavy (non-hydrogen) atoms. The van der Waals surface area contributed by atoms with Crippen molar-refractivity contribution in [3.05, 3.63) is 70.3 Å². The topological polar surface area (TPSA) is 160 Å². The molecule has 2 rings (SSSR count). The van der Waals surface area contributed by atoms with Crippen molar-refractivity contribution in [1.29, 1.82) is 0 Å². The fourth-order valence-corrected chi connectivity index (χ4v) is 4.28. The zero-order chi connectivity index (χ0) is 28.8. The third-order valence-corrected chi connectivity index (χ3v) is 6.44. The molecule has 2 aromatic rings. The lowest BCUT2D eigenvalue weighted by atomic mass is 10.0. The summed E-state index contributed by atoms with van der Waals surface area (Å²) in [6.45, 7) is 3.81. The number of carbonyl (C=O) groups is 4. The van der Waals surface area contributed by atoms with Crippen molar-refractivity contribution in [1.82, 2.24) is 16.0 Å². The van der Waals surface area contributed by atoms with E-state index in [-0.39, 0.29) is 18.0 Å². The molecule has 2 aromatic carbocycles. The quantitative estimate of drug-likeness (QED) is 0.140. The summed E-state index contributed by atoms with van der Waals surface area (Å²) in [5.74, 6) is -0.845. The van der Waals surface area contributed by atoms with Gasteiger partial charge in [-0.15, -0.1) is 0 Å². The van der Waals surface area contributed by atoms with Gasteiger partial charge in [-0.2, -0.15) is 11.8 Å². The number of nitrogens with one attached hydrogen (secondary N) is 4. The molecule has 0 heterocycles. The van der Waals surface area contributed by atoms with Crippen molar-refractivity contribution in [2.75, 3.05) is 17.3 Å². The second kappa shape index (κ2) is 16.1. The first-order valence-corrected chi connectivity index (χ1v) is 13.9. The number of rotatable bonds is 16. The van der Waals surface area contributed by atoms with Crippen LogP contribution in [0.5, 0.6) is 0 Å². The normalized spacial score (nSPS) is 13.0. The van der Waals surface area contributed by atoms with E-state index in [1.54, 1.807) is 0 Å². The summed E-state index contributed by atoms with van der Waals surface area (Å²) in [5.41, 5.74) is 1.02. The van der Waals surface area contributed by atoms with Crippen LogP contribution in [-0.2, 0) is 25.6 Å². The van der Waals surface area contributed by atoms with Crippen molar-refractivity contribution < 1.29 is 24.1 Å². The van der Waals surface area contributed by atoms with Gasteiger partial charge in [-0.1, -0.05) is 44.2 Å². The molecule has 11 nitrogen and oxygen atoms in total. The van der Waals surface area contributed by atoms with Crippen LogP contribution in [0.15, 0.2) is 54.6 Å². The fraction of sp³-hybridized carbons (Fsp3) is 0.407. The van der Waals surface area contributed by atoms with Crippen LogP contribution < -0.4 is 21.3 Å². The summed E-state index contributed by atoms with van der Waals surface area (Å²) in [6.07, 6.45) is 3.24. The van der Waals surface area contributed by atoms with Gasteiger partial charge in [0, 0.05) is 24.2 Å². The molecule has 0 radical (unpaired) electrons. The monoisotopic (exact) mass is 557 g/mol. The van der Waals surface area contributed by atoms with Gasteiger partial charge in [-0.05, 0) is 48.5 Å². The summed E-state index contributed by atoms with van der Waals surface area (Å²) < 4.78 is 0. The van der Waals surface area contributed by atoms with Gasteiger partial charge in [0.05, 0.1) is 4.92 Å². The first-order valence-electron chi connectivity index (χ1n) is 12.5. The SMILES string of the molecule is CSCC[C@H](NC=O)C(=O)N[C@@H](CC(C)C)C(=O)N[C@@H](Cc1ccccc1)C(=O)Nc1ccc([N+](=O)[O-])cc1. The molecule has 210 valence electrons. The van der Waals surface area contributed by atoms with E-state index in [0.29, 0.717) is 30.7 Å². The number of anilines is 1. The highest BCUT2D eigenvalue weighted by molar-refractivity contribution is 7.98. The Morgan fingerprint density at radius 3 is 2.10 bits per heavy atom. The maximum Gasteiger partial charge on any atom is 0.269 e. The van der Waals surface area contributed by atoms with Crippen LogP contribution in [0.25, 0.3) is 0 Å². The van der Waals surface area contributed by atoms with Crippen LogP contribution in [0.2, 0.25) is 0 Å². The highest BCUT2D eigenvalue weighted by Crippen LogP contribution is 2.16. The predicted octanol–water partition coefficient (Wildman–Crippen LogP) is 2.66. The summed E-state index contributed by atoms with van der Waals surface area (Å²) in [5, 5.41) is 21.6. The van der Waals surface area contributed by atoms with Crippen molar-refractivity contribution in [2.24, 2.45) is 5.92 Å². The second-order valence-electron chi connectivity index (χ2n) is 9.35. The maximum absolute atomic E-state index is 13.4. The van der Waals surface area contributed by atoms with Crippen molar-refractivity contribution in [2.45, 2.75) is 51.2 Å². The number of nitro groups is 1. The minimum absolute atomic E-state index is 0.0474. The van der Waals surface area contributed by atoms with Crippen LogP contribution in [-0.4, -0.2) is 59.2 Å². The molecule has 12 heteroatoms. The largest absolute Gasteiger partial charge is 0.347 e. The molecule has 0 spiro atoms. The van der Waals surface area contributed by atoms with E-state index in [2.05, 4.69) is 21.3 Å². The second-order valence-corrected chi connectivity index (χ2v) is 10.3. The molecule has 0 bridgehead atoms. The minimum Gasteiger partial charge on any atom is -0.347 e. The smallest absolute Gasteiger partial charge is 0.269 e. The van der Waals surface area contributed by atoms with Crippen LogP contribution in [0.3, 0.4) is 0 Å². The van der Waals surface area contributed by atoms with Gasteiger partial charge < -0.3 is 21.3 Å². The predicted molar refractivity (Wildman–Crippen MR) is 151 cm³/mol. The number of amides is 4. The van der Waals surface area contributed by atoms with Crippen LogP contribution >= 0.6 is 11.8 Å². The van der Waals surface area contributed by atoms with Gasteiger partial charge in [0.1, 0.15) is 18.1 Å². The Balaban J connectivity index is 2.23. The maximum atomic E-state index is 13.4. The fourth-order valence-electron chi connectivity index (χ4n) is 3.81. The van der Waals surface area contributed by atoms with E-state index in [1.807, 2.05) is 50.4 Å². The average Bonchev–Trinajstić information content (AvgIpc) is 2.90. The Morgan fingerprint density at radius 2 is 1.54 bits per heavy atom. The molecule has 0 aliphatic rings. The van der Waals surface area contributed by atoms with E-state index in [0.717, 1.165) is 5.56 Å². The Hall–Kier alpha value is -3.93. The number of non-ortho nitro benzene ring substituents is 1.